The first-order chi connectivity index (χ1) is 5.86. The summed E-state index contributed by atoms with van der Waals surface area (Å²) < 4.78 is 5.44. The molecule has 0 bridgehead atoms. The lowest BCUT2D eigenvalue weighted by molar-refractivity contribution is 0.0885. The normalized spacial score (nSPS) is 30.5. The smallest absolute Gasteiger partial charge is 0.0494 e. The first-order valence-electron chi connectivity index (χ1n) is 5.11. The minimum Gasteiger partial charge on any atom is -0.381 e. The van der Waals surface area contributed by atoms with Crippen molar-refractivity contribution in [2.45, 2.75) is 38.6 Å². The number of rotatable bonds is 4. The molecule has 0 heterocycles. The van der Waals surface area contributed by atoms with Crippen LogP contribution in [0.3, 0.4) is 0 Å². The maximum Gasteiger partial charge on any atom is 0.0494 e. The van der Waals surface area contributed by atoms with Crippen molar-refractivity contribution in [1.29, 1.82) is 0 Å². The van der Waals surface area contributed by atoms with Gasteiger partial charge in [0.05, 0.1) is 0 Å². The molecule has 2 atom stereocenters. The first kappa shape index (κ1) is 10.0. The van der Waals surface area contributed by atoms with E-state index in [-0.39, 0.29) is 0 Å². The second-order valence-electron chi connectivity index (χ2n) is 3.68. The van der Waals surface area contributed by atoms with Crippen LogP contribution in [0.2, 0.25) is 0 Å². The van der Waals surface area contributed by atoms with Crippen molar-refractivity contribution in [2.75, 3.05) is 20.3 Å². The van der Waals surface area contributed by atoms with Crippen molar-refractivity contribution in [3.05, 3.63) is 0 Å². The van der Waals surface area contributed by atoms with E-state index in [1.54, 1.807) is 0 Å². The van der Waals surface area contributed by atoms with Gasteiger partial charge in [-0.1, -0.05) is 6.42 Å². The van der Waals surface area contributed by atoms with E-state index < -0.39 is 0 Å². The third kappa shape index (κ3) is 3.11. The molecule has 2 nitrogen and oxygen atoms in total. The van der Waals surface area contributed by atoms with Gasteiger partial charge in [0.15, 0.2) is 0 Å². The van der Waals surface area contributed by atoms with E-state index in [0.29, 0.717) is 0 Å². The van der Waals surface area contributed by atoms with Crippen LogP contribution in [0, 0.1) is 5.92 Å². The molecule has 0 amide bonds. The topological polar surface area (TPSA) is 21.3 Å². The lowest BCUT2D eigenvalue weighted by atomic mass is 9.86. The van der Waals surface area contributed by atoms with Crippen molar-refractivity contribution in [1.82, 2.24) is 5.32 Å². The molecule has 0 aromatic heterocycles. The zero-order valence-electron chi connectivity index (χ0n) is 8.31. The van der Waals surface area contributed by atoms with Gasteiger partial charge >= 0.3 is 0 Å². The van der Waals surface area contributed by atoms with Crippen LogP contribution in [-0.2, 0) is 4.74 Å². The Kier molecular flexibility index (Phi) is 4.62. The van der Waals surface area contributed by atoms with Crippen LogP contribution in [0.15, 0.2) is 0 Å². The minimum atomic E-state index is 0.740. The fourth-order valence-corrected chi connectivity index (χ4v) is 1.99. The maximum absolute atomic E-state index is 5.44. The fourth-order valence-electron chi connectivity index (χ4n) is 1.99. The second kappa shape index (κ2) is 5.55. The van der Waals surface area contributed by atoms with E-state index in [0.717, 1.165) is 25.2 Å². The Morgan fingerprint density at radius 2 is 2.25 bits per heavy atom. The van der Waals surface area contributed by atoms with Gasteiger partial charge in [-0.25, -0.2) is 0 Å². The Labute approximate surface area is 75.7 Å². The van der Waals surface area contributed by atoms with Crippen LogP contribution >= 0.6 is 0 Å². The number of ether oxygens (including phenoxy) is 1. The molecule has 0 saturated heterocycles. The standard InChI is InChI=1S/C10H21NO/c1-3-12-8-9-5-4-6-10(7-9)11-2/h9-11H,3-8H2,1-2H3. The largest absolute Gasteiger partial charge is 0.381 e. The van der Waals surface area contributed by atoms with Gasteiger partial charge in [-0.05, 0) is 39.2 Å². The molecule has 1 aliphatic carbocycles. The molecule has 2 heteroatoms. The van der Waals surface area contributed by atoms with Crippen molar-refractivity contribution >= 4 is 0 Å². The van der Waals surface area contributed by atoms with Crippen LogP contribution in [-0.4, -0.2) is 26.3 Å². The average molecular weight is 171 g/mol. The van der Waals surface area contributed by atoms with Gasteiger partial charge in [-0.15, -0.1) is 0 Å². The maximum atomic E-state index is 5.44. The Balaban J connectivity index is 2.16. The van der Waals surface area contributed by atoms with Gasteiger partial charge in [-0.2, -0.15) is 0 Å². The Morgan fingerprint density at radius 3 is 2.92 bits per heavy atom. The molecule has 1 saturated carbocycles. The molecule has 1 N–H and O–H groups in total. The molecule has 12 heavy (non-hydrogen) atoms. The van der Waals surface area contributed by atoms with Crippen molar-refractivity contribution in [3.8, 4) is 0 Å². The Morgan fingerprint density at radius 1 is 1.42 bits per heavy atom. The van der Waals surface area contributed by atoms with E-state index >= 15 is 0 Å². The Hall–Kier alpha value is -0.0800. The minimum absolute atomic E-state index is 0.740. The van der Waals surface area contributed by atoms with Gasteiger partial charge in [0.25, 0.3) is 0 Å². The molecule has 1 aliphatic rings. The highest BCUT2D eigenvalue weighted by atomic mass is 16.5. The van der Waals surface area contributed by atoms with Crippen LogP contribution in [0.5, 0.6) is 0 Å². The van der Waals surface area contributed by atoms with Gasteiger partial charge in [0.1, 0.15) is 0 Å². The highest BCUT2D eigenvalue weighted by Gasteiger charge is 2.20. The second-order valence-corrected chi connectivity index (χ2v) is 3.68. The van der Waals surface area contributed by atoms with Crippen LogP contribution in [0.1, 0.15) is 32.6 Å². The average Bonchev–Trinajstić information content (AvgIpc) is 2.15. The lowest BCUT2D eigenvalue weighted by Crippen LogP contribution is -2.32. The molecule has 0 aliphatic heterocycles. The summed E-state index contributed by atoms with van der Waals surface area (Å²) in [4.78, 5) is 0. The van der Waals surface area contributed by atoms with Gasteiger partial charge < -0.3 is 10.1 Å². The summed E-state index contributed by atoms with van der Waals surface area (Å²) >= 11 is 0. The molecular weight excluding hydrogens is 150 g/mol. The number of nitrogens with one attached hydrogen (secondary N) is 1. The number of hydrogen-bond donors (Lipinski definition) is 1. The van der Waals surface area contributed by atoms with Crippen molar-refractivity contribution < 1.29 is 4.74 Å². The van der Waals surface area contributed by atoms with Crippen molar-refractivity contribution in [3.63, 3.8) is 0 Å². The quantitative estimate of drug-likeness (QED) is 0.696. The number of hydrogen-bond acceptors (Lipinski definition) is 2. The highest BCUT2D eigenvalue weighted by Crippen LogP contribution is 2.24. The van der Waals surface area contributed by atoms with Crippen molar-refractivity contribution in [2.24, 2.45) is 5.92 Å². The molecule has 1 fully saturated rings. The monoisotopic (exact) mass is 171 g/mol. The summed E-state index contributed by atoms with van der Waals surface area (Å²) in [7, 11) is 2.06. The van der Waals surface area contributed by atoms with E-state index in [1.165, 1.54) is 25.7 Å². The third-order valence-electron chi connectivity index (χ3n) is 2.75. The predicted molar refractivity (Wildman–Crippen MR) is 51.3 cm³/mol. The highest BCUT2D eigenvalue weighted by molar-refractivity contribution is 4.76. The molecular formula is C10H21NO. The predicted octanol–water partition coefficient (Wildman–Crippen LogP) is 1.80. The summed E-state index contributed by atoms with van der Waals surface area (Å²) in [6.07, 6.45) is 5.37. The molecule has 0 radical (unpaired) electrons. The summed E-state index contributed by atoms with van der Waals surface area (Å²) in [5.74, 6) is 0.802. The zero-order chi connectivity index (χ0) is 8.81. The molecule has 72 valence electrons. The summed E-state index contributed by atoms with van der Waals surface area (Å²) in [6.45, 7) is 3.90. The van der Waals surface area contributed by atoms with E-state index in [9.17, 15) is 0 Å². The molecule has 1 rings (SSSR count). The van der Waals surface area contributed by atoms with Gasteiger partial charge in [0.2, 0.25) is 0 Å². The summed E-state index contributed by atoms with van der Waals surface area (Å²) in [5, 5.41) is 3.35. The zero-order valence-corrected chi connectivity index (χ0v) is 8.31. The molecule has 2 unspecified atom stereocenters. The fraction of sp³-hybridized carbons (Fsp3) is 1.00. The van der Waals surface area contributed by atoms with E-state index in [1.807, 2.05) is 0 Å². The molecule has 0 spiro atoms. The first-order valence-corrected chi connectivity index (χ1v) is 5.11. The lowest BCUT2D eigenvalue weighted by Gasteiger charge is -2.28. The molecule has 0 aromatic carbocycles. The van der Waals surface area contributed by atoms with E-state index in [2.05, 4.69) is 19.3 Å². The third-order valence-corrected chi connectivity index (χ3v) is 2.75. The van der Waals surface area contributed by atoms with Gasteiger partial charge in [-0.3, -0.25) is 0 Å². The van der Waals surface area contributed by atoms with Gasteiger partial charge in [0, 0.05) is 19.3 Å². The summed E-state index contributed by atoms with van der Waals surface area (Å²) in [5.41, 5.74) is 0. The Bertz CT molecular complexity index is 116. The molecule has 0 aromatic rings. The van der Waals surface area contributed by atoms with Crippen LogP contribution in [0.25, 0.3) is 0 Å². The summed E-state index contributed by atoms with van der Waals surface area (Å²) in [6, 6.07) is 0.740. The van der Waals surface area contributed by atoms with Crippen LogP contribution in [0.4, 0.5) is 0 Å². The van der Waals surface area contributed by atoms with E-state index in [4.69, 9.17) is 4.74 Å². The van der Waals surface area contributed by atoms with Crippen LogP contribution < -0.4 is 5.32 Å². The SMILES string of the molecule is CCOCC1CCCC(NC)C1.